The minimum absolute atomic E-state index is 0.236. The van der Waals surface area contributed by atoms with Crippen LogP contribution in [0.5, 0.6) is 0 Å². The minimum atomic E-state index is -0.236. The summed E-state index contributed by atoms with van der Waals surface area (Å²) in [7, 11) is 0. The van der Waals surface area contributed by atoms with Crippen LogP contribution in [0.2, 0.25) is 0 Å². The Kier molecular flexibility index (Phi) is 6.63. The second-order valence-electron chi connectivity index (χ2n) is 4.76. The van der Waals surface area contributed by atoms with Crippen LogP contribution in [0.1, 0.15) is 25.8 Å². The van der Waals surface area contributed by atoms with Gasteiger partial charge in [0.2, 0.25) is 0 Å². The number of benzene rings is 1. The van der Waals surface area contributed by atoms with Crippen molar-refractivity contribution in [3.8, 4) is 0 Å². The first kappa shape index (κ1) is 14.6. The Morgan fingerprint density at radius 1 is 1.24 bits per heavy atom. The van der Waals surface area contributed by atoms with Gasteiger partial charge >= 0.3 is 0 Å². The van der Waals surface area contributed by atoms with Crippen LogP contribution in [-0.2, 0) is 6.54 Å². The number of hydrogen-bond donors (Lipinski definition) is 2. The number of aliphatic hydroxyl groups excluding tert-OH is 1. The third-order valence-electron chi connectivity index (χ3n) is 2.61. The molecule has 96 valence electrons. The minimum Gasteiger partial charge on any atom is -0.392 e. The number of rotatable bonds is 7. The summed E-state index contributed by atoms with van der Waals surface area (Å²) in [5, 5.41) is 13.0. The van der Waals surface area contributed by atoms with Gasteiger partial charge in [-0.3, -0.25) is 0 Å². The van der Waals surface area contributed by atoms with E-state index in [1.807, 2.05) is 0 Å². The Bertz CT molecular complexity index is 311. The van der Waals surface area contributed by atoms with E-state index in [1.54, 1.807) is 11.8 Å². The summed E-state index contributed by atoms with van der Waals surface area (Å²) in [5.41, 5.74) is 1.26. The molecule has 3 heteroatoms. The monoisotopic (exact) mass is 253 g/mol. The topological polar surface area (TPSA) is 32.3 Å². The van der Waals surface area contributed by atoms with Crippen LogP contribution in [0.4, 0.5) is 0 Å². The molecular weight excluding hydrogens is 230 g/mol. The van der Waals surface area contributed by atoms with Crippen LogP contribution in [-0.4, -0.2) is 24.0 Å². The summed E-state index contributed by atoms with van der Waals surface area (Å²) in [6, 6.07) is 8.53. The average molecular weight is 253 g/mol. The molecule has 0 fully saturated rings. The molecule has 0 aliphatic carbocycles. The summed E-state index contributed by atoms with van der Waals surface area (Å²) in [4.78, 5) is 1.29. The van der Waals surface area contributed by atoms with Crippen LogP contribution < -0.4 is 5.32 Å². The summed E-state index contributed by atoms with van der Waals surface area (Å²) in [6.45, 7) is 5.75. The summed E-state index contributed by atoms with van der Waals surface area (Å²) < 4.78 is 0. The molecule has 1 aromatic carbocycles. The van der Waals surface area contributed by atoms with Crippen LogP contribution in [0.15, 0.2) is 29.2 Å². The molecule has 0 aliphatic heterocycles. The molecule has 2 N–H and O–H groups in total. The summed E-state index contributed by atoms with van der Waals surface area (Å²) in [5.74, 6) is 0.549. The zero-order chi connectivity index (χ0) is 12.7. The van der Waals surface area contributed by atoms with Gasteiger partial charge in [0.15, 0.2) is 0 Å². The van der Waals surface area contributed by atoms with Gasteiger partial charge < -0.3 is 10.4 Å². The molecule has 0 amide bonds. The van der Waals surface area contributed by atoms with Crippen molar-refractivity contribution in [1.29, 1.82) is 0 Å². The summed E-state index contributed by atoms with van der Waals surface area (Å²) >= 11 is 1.75. The highest BCUT2D eigenvalue weighted by Gasteiger charge is 2.05. The fraction of sp³-hybridized carbons (Fsp3) is 0.571. The second kappa shape index (κ2) is 7.75. The van der Waals surface area contributed by atoms with Crippen LogP contribution in [0.3, 0.4) is 0 Å². The molecule has 2 nitrogen and oxygen atoms in total. The van der Waals surface area contributed by atoms with Crippen LogP contribution in [0, 0.1) is 5.92 Å². The number of nitrogens with one attached hydrogen (secondary N) is 1. The van der Waals surface area contributed by atoms with Crippen molar-refractivity contribution in [3.63, 3.8) is 0 Å². The molecule has 0 saturated heterocycles. The van der Waals surface area contributed by atoms with Crippen LogP contribution in [0.25, 0.3) is 0 Å². The molecule has 1 rings (SSSR count). The number of aliphatic hydroxyl groups is 1. The highest BCUT2D eigenvalue weighted by molar-refractivity contribution is 7.98. The predicted molar refractivity (Wildman–Crippen MR) is 75.4 cm³/mol. The molecule has 0 aromatic heterocycles. The molecule has 0 aliphatic rings. The second-order valence-corrected chi connectivity index (χ2v) is 5.64. The summed E-state index contributed by atoms with van der Waals surface area (Å²) in [6.07, 6.45) is 2.70. The largest absolute Gasteiger partial charge is 0.392 e. The van der Waals surface area contributed by atoms with Gasteiger partial charge in [0.1, 0.15) is 0 Å². The molecule has 0 bridgehead atoms. The fourth-order valence-electron chi connectivity index (χ4n) is 1.75. The Labute approximate surface area is 109 Å². The van der Waals surface area contributed by atoms with E-state index < -0.39 is 0 Å². The average Bonchev–Trinajstić information content (AvgIpc) is 2.29. The Morgan fingerprint density at radius 3 is 2.41 bits per heavy atom. The molecular formula is C14H23NOS. The standard InChI is InChI=1S/C14H23NOS/c1-11(2)8-13(16)10-15-9-12-4-6-14(17-3)7-5-12/h4-7,11,13,15-16H,8-10H2,1-3H3. The molecule has 1 atom stereocenters. The van der Waals surface area contributed by atoms with Crippen molar-refractivity contribution < 1.29 is 5.11 Å². The van der Waals surface area contributed by atoms with Gasteiger partial charge in [0, 0.05) is 18.0 Å². The lowest BCUT2D eigenvalue weighted by atomic mass is 10.1. The lowest BCUT2D eigenvalue weighted by Gasteiger charge is -2.13. The van der Waals surface area contributed by atoms with E-state index >= 15 is 0 Å². The fourth-order valence-corrected chi connectivity index (χ4v) is 2.16. The Morgan fingerprint density at radius 2 is 1.88 bits per heavy atom. The molecule has 0 spiro atoms. The third kappa shape index (κ3) is 6.10. The maximum Gasteiger partial charge on any atom is 0.0667 e. The zero-order valence-corrected chi connectivity index (χ0v) is 11.8. The SMILES string of the molecule is CSc1ccc(CNCC(O)CC(C)C)cc1. The van der Waals surface area contributed by atoms with Crippen molar-refractivity contribution in [2.75, 3.05) is 12.8 Å². The van der Waals surface area contributed by atoms with Gasteiger partial charge in [-0.25, -0.2) is 0 Å². The molecule has 17 heavy (non-hydrogen) atoms. The predicted octanol–water partition coefficient (Wildman–Crippen LogP) is 2.91. The van der Waals surface area contributed by atoms with Gasteiger partial charge in [-0.1, -0.05) is 26.0 Å². The van der Waals surface area contributed by atoms with Crippen molar-refractivity contribution in [3.05, 3.63) is 29.8 Å². The lowest BCUT2D eigenvalue weighted by molar-refractivity contribution is 0.146. The van der Waals surface area contributed by atoms with E-state index in [0.717, 1.165) is 13.0 Å². The molecule has 1 aromatic rings. The molecule has 1 unspecified atom stereocenters. The normalized spacial score (nSPS) is 13.0. The van der Waals surface area contributed by atoms with Gasteiger partial charge in [-0.05, 0) is 36.3 Å². The van der Waals surface area contributed by atoms with Gasteiger partial charge in [-0.15, -0.1) is 11.8 Å². The lowest BCUT2D eigenvalue weighted by Crippen LogP contribution is -2.27. The van der Waals surface area contributed by atoms with E-state index in [1.165, 1.54) is 10.5 Å². The van der Waals surface area contributed by atoms with Crippen molar-refractivity contribution >= 4 is 11.8 Å². The smallest absolute Gasteiger partial charge is 0.0667 e. The first-order valence-corrected chi connectivity index (χ1v) is 7.36. The third-order valence-corrected chi connectivity index (χ3v) is 3.36. The highest BCUT2D eigenvalue weighted by Crippen LogP contribution is 2.14. The zero-order valence-electron chi connectivity index (χ0n) is 10.9. The Balaban J connectivity index is 2.25. The van der Waals surface area contributed by atoms with E-state index in [9.17, 15) is 5.11 Å². The highest BCUT2D eigenvalue weighted by atomic mass is 32.2. The van der Waals surface area contributed by atoms with Crippen molar-refractivity contribution in [2.24, 2.45) is 5.92 Å². The van der Waals surface area contributed by atoms with E-state index in [2.05, 4.69) is 49.7 Å². The Hall–Kier alpha value is -0.510. The van der Waals surface area contributed by atoms with Crippen molar-refractivity contribution in [1.82, 2.24) is 5.32 Å². The molecule has 0 saturated carbocycles. The first-order valence-electron chi connectivity index (χ1n) is 6.13. The van der Waals surface area contributed by atoms with Gasteiger partial charge in [0.05, 0.1) is 6.10 Å². The van der Waals surface area contributed by atoms with E-state index in [4.69, 9.17) is 0 Å². The molecule has 0 heterocycles. The van der Waals surface area contributed by atoms with Gasteiger partial charge in [-0.2, -0.15) is 0 Å². The maximum atomic E-state index is 9.71. The quantitative estimate of drug-likeness (QED) is 0.733. The molecule has 0 radical (unpaired) electrons. The van der Waals surface area contributed by atoms with E-state index in [0.29, 0.717) is 12.5 Å². The van der Waals surface area contributed by atoms with E-state index in [-0.39, 0.29) is 6.10 Å². The number of thioether (sulfide) groups is 1. The van der Waals surface area contributed by atoms with Crippen molar-refractivity contribution in [2.45, 2.75) is 37.8 Å². The van der Waals surface area contributed by atoms with Crippen LogP contribution >= 0.6 is 11.8 Å². The van der Waals surface area contributed by atoms with Gasteiger partial charge in [0.25, 0.3) is 0 Å². The maximum absolute atomic E-state index is 9.71. The number of hydrogen-bond acceptors (Lipinski definition) is 3. The first-order chi connectivity index (χ1) is 8.11.